The van der Waals surface area contributed by atoms with Crippen molar-refractivity contribution in [2.45, 2.75) is 32.7 Å². The van der Waals surface area contributed by atoms with Gasteiger partial charge in [0, 0.05) is 25.6 Å². The quantitative estimate of drug-likeness (QED) is 0.690. The monoisotopic (exact) mass is 184 g/mol. The van der Waals surface area contributed by atoms with Crippen molar-refractivity contribution in [3.8, 4) is 0 Å². The van der Waals surface area contributed by atoms with Crippen LogP contribution in [-0.4, -0.2) is 37.0 Å². The van der Waals surface area contributed by atoms with Gasteiger partial charge in [0.15, 0.2) is 0 Å². The summed E-state index contributed by atoms with van der Waals surface area (Å²) < 4.78 is 0. The summed E-state index contributed by atoms with van der Waals surface area (Å²) >= 11 is 0. The van der Waals surface area contributed by atoms with Crippen LogP contribution in [0.1, 0.15) is 26.7 Å². The van der Waals surface area contributed by atoms with Crippen LogP contribution >= 0.6 is 0 Å². The van der Waals surface area contributed by atoms with Gasteiger partial charge < -0.3 is 10.2 Å². The fourth-order valence-corrected chi connectivity index (χ4v) is 1.74. The van der Waals surface area contributed by atoms with Gasteiger partial charge in [-0.15, -0.1) is 0 Å². The van der Waals surface area contributed by atoms with Gasteiger partial charge in [0.2, 0.25) is 5.91 Å². The third-order valence-corrected chi connectivity index (χ3v) is 2.59. The normalized spacial score (nSPS) is 25.8. The van der Waals surface area contributed by atoms with Gasteiger partial charge >= 0.3 is 0 Å². The van der Waals surface area contributed by atoms with Crippen molar-refractivity contribution in [2.75, 3.05) is 20.1 Å². The first-order valence-electron chi connectivity index (χ1n) is 5.06. The first-order chi connectivity index (χ1) is 6.09. The lowest BCUT2D eigenvalue weighted by Crippen LogP contribution is -2.38. The highest BCUT2D eigenvalue weighted by Gasteiger charge is 2.20. The molecule has 1 saturated heterocycles. The van der Waals surface area contributed by atoms with Crippen molar-refractivity contribution < 1.29 is 4.79 Å². The van der Waals surface area contributed by atoms with Crippen LogP contribution in [0.4, 0.5) is 0 Å². The van der Waals surface area contributed by atoms with Gasteiger partial charge in [0.25, 0.3) is 0 Å². The summed E-state index contributed by atoms with van der Waals surface area (Å²) in [5, 5.41) is 2.95. The highest BCUT2D eigenvalue weighted by Crippen LogP contribution is 2.11. The molecule has 76 valence electrons. The van der Waals surface area contributed by atoms with Crippen molar-refractivity contribution in [1.82, 2.24) is 10.2 Å². The summed E-state index contributed by atoms with van der Waals surface area (Å²) in [5.74, 6) is 0.889. The molecule has 3 heteroatoms. The van der Waals surface area contributed by atoms with E-state index in [-0.39, 0.29) is 5.91 Å². The molecule has 0 spiro atoms. The van der Waals surface area contributed by atoms with Gasteiger partial charge in [0.1, 0.15) is 0 Å². The number of nitrogens with zero attached hydrogens (tertiary/aromatic N) is 1. The summed E-state index contributed by atoms with van der Waals surface area (Å²) in [6.07, 6.45) is 1.81. The maximum Gasteiger partial charge on any atom is 0.221 e. The number of rotatable bonds is 2. The second-order valence-corrected chi connectivity index (χ2v) is 4.32. The van der Waals surface area contributed by atoms with E-state index in [1.54, 1.807) is 0 Å². The standard InChI is InChI=1S/C10H20N2O/c1-8(2)6-9-7-11-10(13)4-5-12(9)3/h8-9H,4-7H2,1-3H3,(H,11,13)/t9-/m1/s1. The Morgan fingerprint density at radius 3 is 2.92 bits per heavy atom. The molecule has 1 atom stereocenters. The molecule has 1 fully saturated rings. The minimum Gasteiger partial charge on any atom is -0.354 e. The minimum absolute atomic E-state index is 0.193. The van der Waals surface area contributed by atoms with Gasteiger partial charge in [-0.25, -0.2) is 0 Å². The molecule has 0 aromatic rings. The van der Waals surface area contributed by atoms with Crippen molar-refractivity contribution in [2.24, 2.45) is 5.92 Å². The maximum absolute atomic E-state index is 11.1. The van der Waals surface area contributed by atoms with Crippen LogP contribution in [0.15, 0.2) is 0 Å². The van der Waals surface area contributed by atoms with E-state index in [1.807, 2.05) is 0 Å². The topological polar surface area (TPSA) is 32.3 Å². The Bertz CT molecular complexity index is 180. The molecule has 1 rings (SSSR count). The van der Waals surface area contributed by atoms with Crippen LogP contribution in [0.5, 0.6) is 0 Å². The lowest BCUT2D eigenvalue weighted by molar-refractivity contribution is -0.120. The zero-order chi connectivity index (χ0) is 9.84. The Hall–Kier alpha value is -0.570. The largest absolute Gasteiger partial charge is 0.354 e. The molecule has 0 radical (unpaired) electrons. The Kier molecular flexibility index (Phi) is 3.72. The molecule has 1 aliphatic rings. The summed E-state index contributed by atoms with van der Waals surface area (Å²) in [6, 6.07) is 0.520. The van der Waals surface area contributed by atoms with E-state index >= 15 is 0 Å². The van der Waals surface area contributed by atoms with Gasteiger partial charge in [-0.3, -0.25) is 4.79 Å². The maximum atomic E-state index is 11.1. The number of carbonyl (C=O) groups is 1. The fourth-order valence-electron chi connectivity index (χ4n) is 1.74. The Morgan fingerprint density at radius 2 is 2.31 bits per heavy atom. The number of nitrogens with one attached hydrogen (secondary N) is 1. The third-order valence-electron chi connectivity index (χ3n) is 2.59. The summed E-state index contributed by atoms with van der Waals surface area (Å²) in [6.45, 7) is 6.15. The van der Waals surface area contributed by atoms with E-state index in [4.69, 9.17) is 0 Å². The van der Waals surface area contributed by atoms with Crippen LogP contribution in [-0.2, 0) is 4.79 Å². The molecular formula is C10H20N2O. The van der Waals surface area contributed by atoms with Gasteiger partial charge in [-0.1, -0.05) is 13.8 Å². The first-order valence-corrected chi connectivity index (χ1v) is 5.06. The molecule has 1 N–H and O–H groups in total. The smallest absolute Gasteiger partial charge is 0.221 e. The Morgan fingerprint density at radius 1 is 1.62 bits per heavy atom. The minimum atomic E-state index is 0.193. The van der Waals surface area contributed by atoms with Crippen LogP contribution in [0.3, 0.4) is 0 Å². The number of likely N-dealkylation sites (N-methyl/N-ethyl adjacent to an activating group) is 1. The summed E-state index contributed by atoms with van der Waals surface area (Å²) in [7, 11) is 2.10. The van der Waals surface area contributed by atoms with E-state index < -0.39 is 0 Å². The van der Waals surface area contributed by atoms with Gasteiger partial charge in [0.05, 0.1) is 0 Å². The number of amides is 1. The number of carbonyl (C=O) groups excluding carboxylic acids is 1. The van der Waals surface area contributed by atoms with Crippen LogP contribution < -0.4 is 5.32 Å². The second kappa shape index (κ2) is 4.61. The predicted molar refractivity (Wildman–Crippen MR) is 53.5 cm³/mol. The van der Waals surface area contributed by atoms with E-state index in [2.05, 4.69) is 31.1 Å². The van der Waals surface area contributed by atoms with Crippen LogP contribution in [0.2, 0.25) is 0 Å². The average Bonchev–Trinajstić information content (AvgIpc) is 2.19. The molecule has 0 aromatic heterocycles. The lowest BCUT2D eigenvalue weighted by atomic mass is 10.0. The molecule has 0 aliphatic carbocycles. The predicted octanol–water partition coefficient (Wildman–Crippen LogP) is 0.853. The highest BCUT2D eigenvalue weighted by molar-refractivity contribution is 5.76. The first kappa shape index (κ1) is 10.5. The summed E-state index contributed by atoms with van der Waals surface area (Å²) in [5.41, 5.74) is 0. The lowest BCUT2D eigenvalue weighted by Gasteiger charge is -2.26. The van der Waals surface area contributed by atoms with Crippen molar-refractivity contribution in [3.05, 3.63) is 0 Å². The molecule has 1 amide bonds. The van der Waals surface area contributed by atoms with E-state index in [0.717, 1.165) is 19.5 Å². The van der Waals surface area contributed by atoms with E-state index in [1.165, 1.54) is 0 Å². The Labute approximate surface area is 80.5 Å². The molecule has 0 saturated carbocycles. The van der Waals surface area contributed by atoms with Crippen LogP contribution in [0, 0.1) is 5.92 Å². The zero-order valence-electron chi connectivity index (χ0n) is 8.84. The number of hydrogen-bond acceptors (Lipinski definition) is 2. The molecule has 0 unspecified atom stereocenters. The SMILES string of the molecule is CC(C)C[C@@H]1CNC(=O)CCN1C. The van der Waals surface area contributed by atoms with Gasteiger partial charge in [-0.05, 0) is 19.4 Å². The van der Waals surface area contributed by atoms with Crippen molar-refractivity contribution >= 4 is 5.91 Å². The molecule has 0 aromatic carbocycles. The average molecular weight is 184 g/mol. The third kappa shape index (κ3) is 3.35. The Balaban J connectivity index is 2.47. The molecule has 13 heavy (non-hydrogen) atoms. The van der Waals surface area contributed by atoms with Gasteiger partial charge in [-0.2, -0.15) is 0 Å². The van der Waals surface area contributed by atoms with E-state index in [9.17, 15) is 4.79 Å². The molecule has 1 aliphatic heterocycles. The molecule has 0 bridgehead atoms. The van der Waals surface area contributed by atoms with Crippen LogP contribution in [0.25, 0.3) is 0 Å². The molecule has 1 heterocycles. The van der Waals surface area contributed by atoms with Crippen molar-refractivity contribution in [3.63, 3.8) is 0 Å². The second-order valence-electron chi connectivity index (χ2n) is 4.32. The number of hydrogen-bond donors (Lipinski definition) is 1. The zero-order valence-corrected chi connectivity index (χ0v) is 8.84. The molecular weight excluding hydrogens is 164 g/mol. The fraction of sp³-hybridized carbons (Fsp3) is 0.900. The van der Waals surface area contributed by atoms with E-state index in [0.29, 0.717) is 18.4 Å². The summed E-state index contributed by atoms with van der Waals surface area (Å²) in [4.78, 5) is 13.4. The molecule has 3 nitrogen and oxygen atoms in total. The highest BCUT2D eigenvalue weighted by atomic mass is 16.1. The van der Waals surface area contributed by atoms with Crippen molar-refractivity contribution in [1.29, 1.82) is 0 Å².